The topological polar surface area (TPSA) is 18.5 Å². The number of benzene rings is 1. The highest BCUT2D eigenvalue weighted by molar-refractivity contribution is 6.34. The van der Waals surface area contributed by atoms with Gasteiger partial charge in [0.05, 0.1) is 19.6 Å². The zero-order valence-electron chi connectivity index (χ0n) is 10.7. The van der Waals surface area contributed by atoms with Gasteiger partial charge in [-0.25, -0.2) is 0 Å². The number of ether oxygens (including phenoxy) is 2. The summed E-state index contributed by atoms with van der Waals surface area (Å²) in [6, 6.07) is 3.79. The van der Waals surface area contributed by atoms with Crippen molar-refractivity contribution in [2.75, 3.05) is 14.2 Å². The van der Waals surface area contributed by atoms with Crippen LogP contribution in [0.25, 0.3) is 0 Å². The van der Waals surface area contributed by atoms with Gasteiger partial charge in [-0.3, -0.25) is 0 Å². The minimum Gasteiger partial charge on any atom is -0.495 e. The molecule has 0 amide bonds. The molecule has 4 heteroatoms. The predicted molar refractivity (Wildman–Crippen MR) is 75.1 cm³/mol. The van der Waals surface area contributed by atoms with Crippen molar-refractivity contribution in [3.05, 3.63) is 22.7 Å². The van der Waals surface area contributed by atoms with E-state index in [9.17, 15) is 0 Å². The molecule has 0 heterocycles. The molecule has 0 bridgehead atoms. The Morgan fingerprint density at radius 2 is 2.00 bits per heavy atom. The summed E-state index contributed by atoms with van der Waals surface area (Å²) in [6.07, 6.45) is 4.89. The lowest BCUT2D eigenvalue weighted by atomic mass is 9.81. The molecular weight excluding hydrogens is 271 g/mol. The molecule has 2 nitrogen and oxygen atoms in total. The fraction of sp³-hybridized carbons (Fsp3) is 0.571. The lowest BCUT2D eigenvalue weighted by Gasteiger charge is -2.28. The molecule has 0 saturated heterocycles. The van der Waals surface area contributed by atoms with Crippen LogP contribution in [0.4, 0.5) is 0 Å². The number of halogens is 2. The molecule has 0 radical (unpaired) electrons. The molecule has 1 aliphatic rings. The SMILES string of the molecule is COc1ccc(C(Cl)CC2CCC2)c(OC)c1Cl. The third-order valence-corrected chi connectivity index (χ3v) is 4.39. The standard InChI is InChI=1S/C14H18Cl2O2/c1-17-12-7-6-10(14(18-2)13(12)16)11(15)8-9-4-3-5-9/h6-7,9,11H,3-5,8H2,1-2H3. The number of rotatable bonds is 5. The maximum absolute atomic E-state index is 6.49. The van der Waals surface area contributed by atoms with Gasteiger partial charge < -0.3 is 9.47 Å². The van der Waals surface area contributed by atoms with Gasteiger partial charge in [0.15, 0.2) is 0 Å². The Morgan fingerprint density at radius 3 is 2.50 bits per heavy atom. The maximum atomic E-state index is 6.49. The Labute approximate surface area is 118 Å². The Morgan fingerprint density at radius 1 is 1.28 bits per heavy atom. The van der Waals surface area contributed by atoms with Gasteiger partial charge in [0, 0.05) is 5.56 Å². The van der Waals surface area contributed by atoms with E-state index in [1.54, 1.807) is 14.2 Å². The van der Waals surface area contributed by atoms with E-state index in [2.05, 4.69) is 0 Å². The number of hydrogen-bond acceptors (Lipinski definition) is 2. The summed E-state index contributed by atoms with van der Waals surface area (Å²) in [5.74, 6) is 2.00. The first-order valence-corrected chi connectivity index (χ1v) is 7.03. The highest BCUT2D eigenvalue weighted by Crippen LogP contribution is 2.45. The lowest BCUT2D eigenvalue weighted by Crippen LogP contribution is -2.13. The third-order valence-electron chi connectivity index (χ3n) is 3.62. The van der Waals surface area contributed by atoms with Crippen molar-refractivity contribution in [2.24, 2.45) is 5.92 Å². The van der Waals surface area contributed by atoms with Crippen LogP contribution in [0.15, 0.2) is 12.1 Å². The van der Waals surface area contributed by atoms with Crippen molar-refractivity contribution in [3.8, 4) is 11.5 Å². The van der Waals surface area contributed by atoms with Gasteiger partial charge in [0.2, 0.25) is 0 Å². The molecule has 0 spiro atoms. The van der Waals surface area contributed by atoms with Crippen LogP contribution in [0.2, 0.25) is 5.02 Å². The number of methoxy groups -OCH3 is 2. The summed E-state index contributed by atoms with van der Waals surface area (Å²) >= 11 is 12.7. The van der Waals surface area contributed by atoms with Gasteiger partial charge in [-0.15, -0.1) is 11.6 Å². The third kappa shape index (κ3) is 2.70. The van der Waals surface area contributed by atoms with Crippen molar-refractivity contribution in [3.63, 3.8) is 0 Å². The second kappa shape index (κ2) is 6.03. The smallest absolute Gasteiger partial charge is 0.145 e. The minimum atomic E-state index is -0.0475. The molecule has 1 aliphatic carbocycles. The Bertz CT molecular complexity index is 417. The summed E-state index contributed by atoms with van der Waals surface area (Å²) in [5, 5.41) is 0.449. The van der Waals surface area contributed by atoms with Crippen LogP contribution in [0.3, 0.4) is 0 Å². The van der Waals surface area contributed by atoms with Crippen molar-refractivity contribution >= 4 is 23.2 Å². The van der Waals surface area contributed by atoms with Crippen molar-refractivity contribution in [1.29, 1.82) is 0 Å². The molecule has 1 saturated carbocycles. The lowest BCUT2D eigenvalue weighted by molar-refractivity contribution is 0.291. The molecule has 18 heavy (non-hydrogen) atoms. The fourth-order valence-corrected chi connectivity index (χ4v) is 3.06. The van der Waals surface area contributed by atoms with Gasteiger partial charge in [-0.1, -0.05) is 36.9 Å². The molecule has 2 rings (SSSR count). The van der Waals surface area contributed by atoms with Crippen molar-refractivity contribution in [1.82, 2.24) is 0 Å². The molecule has 1 aromatic rings. The van der Waals surface area contributed by atoms with E-state index in [0.29, 0.717) is 16.5 Å². The zero-order valence-corrected chi connectivity index (χ0v) is 12.2. The first kappa shape index (κ1) is 13.8. The first-order chi connectivity index (χ1) is 8.67. The van der Waals surface area contributed by atoms with E-state index in [4.69, 9.17) is 32.7 Å². The number of alkyl halides is 1. The van der Waals surface area contributed by atoms with Crippen LogP contribution in [0, 0.1) is 5.92 Å². The highest BCUT2D eigenvalue weighted by Gasteiger charge is 2.25. The molecule has 0 aromatic heterocycles. The normalized spacial score (nSPS) is 17.1. The molecule has 100 valence electrons. The predicted octanol–water partition coefficient (Wildman–Crippen LogP) is 4.83. The Kier molecular flexibility index (Phi) is 4.63. The maximum Gasteiger partial charge on any atom is 0.145 e. The monoisotopic (exact) mass is 288 g/mol. The second-order valence-electron chi connectivity index (χ2n) is 4.70. The summed E-state index contributed by atoms with van der Waals surface area (Å²) in [7, 11) is 3.20. The zero-order chi connectivity index (χ0) is 13.1. The van der Waals surface area contributed by atoms with Crippen molar-refractivity contribution in [2.45, 2.75) is 31.1 Å². The minimum absolute atomic E-state index is 0.0475. The van der Waals surface area contributed by atoms with E-state index in [1.807, 2.05) is 12.1 Å². The second-order valence-corrected chi connectivity index (χ2v) is 5.61. The molecule has 0 aliphatic heterocycles. The molecule has 1 fully saturated rings. The molecule has 1 aromatic carbocycles. The van der Waals surface area contributed by atoms with E-state index in [-0.39, 0.29) is 5.38 Å². The van der Waals surface area contributed by atoms with Crippen LogP contribution < -0.4 is 9.47 Å². The summed E-state index contributed by atoms with van der Waals surface area (Å²) in [4.78, 5) is 0. The summed E-state index contributed by atoms with van der Waals surface area (Å²) < 4.78 is 10.6. The summed E-state index contributed by atoms with van der Waals surface area (Å²) in [5.41, 5.74) is 0.955. The Hall–Kier alpha value is -0.600. The fourth-order valence-electron chi connectivity index (χ4n) is 2.31. The molecule has 1 unspecified atom stereocenters. The average Bonchev–Trinajstić information content (AvgIpc) is 2.33. The van der Waals surface area contributed by atoms with Crippen LogP contribution in [0.5, 0.6) is 11.5 Å². The average molecular weight is 289 g/mol. The van der Waals surface area contributed by atoms with Crippen LogP contribution in [-0.4, -0.2) is 14.2 Å². The van der Waals surface area contributed by atoms with Crippen molar-refractivity contribution < 1.29 is 9.47 Å². The van der Waals surface area contributed by atoms with Crippen LogP contribution in [-0.2, 0) is 0 Å². The quantitative estimate of drug-likeness (QED) is 0.723. The summed E-state index contributed by atoms with van der Waals surface area (Å²) in [6.45, 7) is 0. The van der Waals surface area contributed by atoms with Gasteiger partial charge in [-0.05, 0) is 18.4 Å². The van der Waals surface area contributed by atoms with Gasteiger partial charge in [0.1, 0.15) is 16.5 Å². The number of hydrogen-bond donors (Lipinski definition) is 0. The molecule has 0 N–H and O–H groups in total. The van der Waals surface area contributed by atoms with Gasteiger partial charge in [0.25, 0.3) is 0 Å². The van der Waals surface area contributed by atoms with Crippen LogP contribution in [0.1, 0.15) is 36.6 Å². The van der Waals surface area contributed by atoms with E-state index < -0.39 is 0 Å². The van der Waals surface area contributed by atoms with Gasteiger partial charge in [-0.2, -0.15) is 0 Å². The first-order valence-electron chi connectivity index (χ1n) is 6.21. The molecular formula is C14H18Cl2O2. The van der Waals surface area contributed by atoms with Crippen LogP contribution >= 0.6 is 23.2 Å². The van der Waals surface area contributed by atoms with E-state index >= 15 is 0 Å². The largest absolute Gasteiger partial charge is 0.495 e. The van der Waals surface area contributed by atoms with Gasteiger partial charge >= 0.3 is 0 Å². The molecule has 1 atom stereocenters. The Balaban J connectivity index is 2.22. The van der Waals surface area contributed by atoms with E-state index in [0.717, 1.165) is 17.9 Å². The van der Waals surface area contributed by atoms with E-state index in [1.165, 1.54) is 19.3 Å². The highest BCUT2D eigenvalue weighted by atomic mass is 35.5.